The summed E-state index contributed by atoms with van der Waals surface area (Å²) in [4.78, 5) is 13.4. The van der Waals surface area contributed by atoms with Crippen molar-refractivity contribution in [3.8, 4) is 0 Å². The van der Waals surface area contributed by atoms with Crippen molar-refractivity contribution in [3.05, 3.63) is 36.5 Å². The quantitative estimate of drug-likeness (QED) is 0.0204. The molecule has 1 amide bonds. The fraction of sp³-hybridized carbons (Fsp3) is 0.907. The van der Waals surface area contributed by atoms with Crippen LogP contribution in [-0.4, -0.2) is 140 Å². The number of ether oxygens (including phenoxy) is 4. The van der Waals surface area contributed by atoms with E-state index >= 15 is 0 Å². The molecule has 14 nitrogen and oxygen atoms in total. The van der Waals surface area contributed by atoms with E-state index < -0.39 is 86.8 Å². The van der Waals surface area contributed by atoms with Crippen LogP contribution in [-0.2, 0) is 23.7 Å². The van der Waals surface area contributed by atoms with Gasteiger partial charge in [0.1, 0.15) is 48.8 Å². The minimum atomic E-state index is -1.79. The lowest BCUT2D eigenvalue weighted by molar-refractivity contribution is -0.359. The molecule has 12 atom stereocenters. The maximum Gasteiger partial charge on any atom is 0.220 e. The van der Waals surface area contributed by atoms with Gasteiger partial charge >= 0.3 is 0 Å². The number of allylic oxidation sites excluding steroid dienone is 5. The number of carbonyl (C=O) groups is 1. The second kappa shape index (κ2) is 59.9. The summed E-state index contributed by atoms with van der Waals surface area (Å²) in [6.07, 6.45) is 60.6. The maximum atomic E-state index is 13.4. The minimum Gasteiger partial charge on any atom is -0.394 e. The molecule has 0 aromatic rings. The SMILES string of the molecule is CCCCCCC/C=C\C/C=C\CCCCCCCCCCCCCCCC(=O)NC(COC1OC(CO)C(OC2OC(CO)C(O)C(O)C2O)C(O)C1O)C(O)/C=C/CCCCCCCCCCCCCCCCCCCCCCCCCCCCCC. The molecule has 89 heavy (non-hydrogen) atoms. The van der Waals surface area contributed by atoms with Crippen LogP contribution in [0.15, 0.2) is 36.5 Å². The third kappa shape index (κ3) is 43.7. The fourth-order valence-corrected chi connectivity index (χ4v) is 12.6. The van der Waals surface area contributed by atoms with E-state index in [1.807, 2.05) is 6.08 Å². The summed E-state index contributed by atoms with van der Waals surface area (Å²) in [5.41, 5.74) is 0. The summed E-state index contributed by atoms with van der Waals surface area (Å²) in [5.74, 6) is -0.235. The normalized spacial score (nSPS) is 23.2. The highest BCUT2D eigenvalue weighted by molar-refractivity contribution is 5.76. The number of hydrogen-bond acceptors (Lipinski definition) is 13. The molecule has 12 unspecified atom stereocenters. The number of aliphatic hydroxyl groups is 8. The number of rotatable bonds is 63. The van der Waals surface area contributed by atoms with Crippen LogP contribution in [0.2, 0.25) is 0 Å². The van der Waals surface area contributed by atoms with Gasteiger partial charge in [-0.2, -0.15) is 0 Å². The Bertz CT molecular complexity index is 1630. The number of amides is 1. The van der Waals surface area contributed by atoms with E-state index in [-0.39, 0.29) is 18.9 Å². The van der Waals surface area contributed by atoms with Gasteiger partial charge in [0.2, 0.25) is 5.91 Å². The summed E-state index contributed by atoms with van der Waals surface area (Å²) >= 11 is 0. The van der Waals surface area contributed by atoms with Crippen molar-refractivity contribution in [2.45, 2.75) is 415 Å². The van der Waals surface area contributed by atoms with E-state index in [2.05, 4.69) is 43.5 Å². The van der Waals surface area contributed by atoms with Gasteiger partial charge in [0.15, 0.2) is 12.6 Å². The Hall–Kier alpha value is -1.79. The van der Waals surface area contributed by atoms with Gasteiger partial charge in [-0.25, -0.2) is 0 Å². The van der Waals surface area contributed by atoms with Crippen LogP contribution in [0, 0.1) is 0 Å². The largest absolute Gasteiger partial charge is 0.394 e. The third-order valence-electron chi connectivity index (χ3n) is 18.6. The molecule has 2 aliphatic rings. The Balaban J connectivity index is 1.65. The van der Waals surface area contributed by atoms with Crippen molar-refractivity contribution in [2.75, 3.05) is 19.8 Å². The Morgan fingerprint density at radius 1 is 0.404 bits per heavy atom. The zero-order valence-electron chi connectivity index (χ0n) is 57.2. The van der Waals surface area contributed by atoms with Gasteiger partial charge in [-0.3, -0.25) is 4.79 Å². The van der Waals surface area contributed by atoms with E-state index in [1.165, 1.54) is 270 Å². The average Bonchev–Trinajstić information content (AvgIpc) is 1.37. The molecule has 9 N–H and O–H groups in total. The zero-order chi connectivity index (χ0) is 64.5. The Labute approximate surface area is 544 Å². The lowest BCUT2D eigenvalue weighted by atomic mass is 9.97. The van der Waals surface area contributed by atoms with Crippen LogP contribution in [0.4, 0.5) is 0 Å². The van der Waals surface area contributed by atoms with Crippen molar-refractivity contribution < 1.29 is 64.6 Å². The first-order valence-electron chi connectivity index (χ1n) is 37.7. The molecule has 524 valence electrons. The number of carbonyl (C=O) groups excluding carboxylic acids is 1. The average molecular weight is 1260 g/mol. The summed E-state index contributed by atoms with van der Waals surface area (Å²) in [6.45, 7) is 2.84. The van der Waals surface area contributed by atoms with Gasteiger partial charge in [0.05, 0.1) is 32.0 Å². The van der Waals surface area contributed by atoms with Crippen molar-refractivity contribution in [1.29, 1.82) is 0 Å². The highest BCUT2D eigenvalue weighted by atomic mass is 16.7. The molecular formula is C75H141NO13. The highest BCUT2D eigenvalue weighted by Crippen LogP contribution is 2.30. The molecule has 0 saturated carbocycles. The molecule has 2 rings (SSSR count). The van der Waals surface area contributed by atoms with Gasteiger partial charge in [-0.05, 0) is 51.4 Å². The van der Waals surface area contributed by atoms with Crippen LogP contribution in [0.1, 0.15) is 341 Å². The molecular weight excluding hydrogens is 1120 g/mol. The second-order valence-electron chi connectivity index (χ2n) is 26.8. The van der Waals surface area contributed by atoms with Gasteiger partial charge in [0.25, 0.3) is 0 Å². The smallest absolute Gasteiger partial charge is 0.220 e. The fourth-order valence-electron chi connectivity index (χ4n) is 12.6. The third-order valence-corrected chi connectivity index (χ3v) is 18.6. The van der Waals surface area contributed by atoms with Crippen LogP contribution < -0.4 is 5.32 Å². The first kappa shape index (κ1) is 83.3. The summed E-state index contributed by atoms with van der Waals surface area (Å²) < 4.78 is 22.9. The van der Waals surface area contributed by atoms with E-state index in [1.54, 1.807) is 6.08 Å². The molecule has 0 radical (unpaired) electrons. The maximum absolute atomic E-state index is 13.4. The molecule has 2 saturated heterocycles. The lowest BCUT2D eigenvalue weighted by Gasteiger charge is -2.46. The van der Waals surface area contributed by atoms with Crippen LogP contribution in [0.25, 0.3) is 0 Å². The molecule has 0 spiro atoms. The first-order valence-corrected chi connectivity index (χ1v) is 37.7. The van der Waals surface area contributed by atoms with Gasteiger partial charge in [0, 0.05) is 6.42 Å². The first-order chi connectivity index (χ1) is 43.6. The molecule has 0 aromatic heterocycles. The Morgan fingerprint density at radius 3 is 1.12 bits per heavy atom. The predicted molar refractivity (Wildman–Crippen MR) is 365 cm³/mol. The van der Waals surface area contributed by atoms with Crippen LogP contribution >= 0.6 is 0 Å². The highest BCUT2D eigenvalue weighted by Gasteiger charge is 2.51. The predicted octanol–water partition coefficient (Wildman–Crippen LogP) is 16.1. The van der Waals surface area contributed by atoms with Crippen molar-refractivity contribution in [3.63, 3.8) is 0 Å². The Morgan fingerprint density at radius 2 is 0.742 bits per heavy atom. The molecule has 2 heterocycles. The minimum absolute atomic E-state index is 0.235. The van der Waals surface area contributed by atoms with Gasteiger partial charge in [-0.15, -0.1) is 0 Å². The van der Waals surface area contributed by atoms with E-state index in [0.717, 1.165) is 44.9 Å². The molecule has 0 aromatic carbocycles. The van der Waals surface area contributed by atoms with Crippen molar-refractivity contribution in [1.82, 2.24) is 5.32 Å². The van der Waals surface area contributed by atoms with E-state index in [0.29, 0.717) is 6.42 Å². The van der Waals surface area contributed by atoms with Crippen LogP contribution in [0.3, 0.4) is 0 Å². The topological polar surface area (TPSA) is 228 Å². The standard InChI is InChI=1S/C75H141NO13/c1-3-5-7-9-11-13-15-17-19-21-23-25-27-29-30-31-32-33-35-36-38-40-42-44-46-48-50-52-54-56-58-64(79)63(62-86-74-72(85)70(83)73(66(61-78)88-74)89-75-71(84)69(82)68(81)65(60-77)87-75)76-67(80)59-57-55-53-51-49-47-45-43-41-39-37-34-28-26-24-22-20-18-16-14-12-10-8-6-4-2/h16,18,22,24,56,58,63-66,68-75,77-79,81-85H,3-15,17,19-21,23,25-55,57,59-62H2,1-2H3,(H,76,80)/b18-16-,24-22-,58-56+. The lowest BCUT2D eigenvalue weighted by Crippen LogP contribution is -2.65. The summed E-state index contributed by atoms with van der Waals surface area (Å²) in [7, 11) is 0. The number of nitrogens with one attached hydrogen (secondary N) is 1. The molecule has 0 aliphatic carbocycles. The van der Waals surface area contributed by atoms with Crippen molar-refractivity contribution in [2.24, 2.45) is 0 Å². The zero-order valence-corrected chi connectivity index (χ0v) is 57.2. The number of hydrogen-bond donors (Lipinski definition) is 9. The monoisotopic (exact) mass is 1260 g/mol. The molecule has 2 fully saturated rings. The van der Waals surface area contributed by atoms with E-state index in [4.69, 9.17) is 18.9 Å². The van der Waals surface area contributed by atoms with Gasteiger partial charge < -0.3 is 65.1 Å². The second-order valence-corrected chi connectivity index (χ2v) is 26.8. The number of aliphatic hydroxyl groups excluding tert-OH is 8. The Kier molecular flexibility index (Phi) is 56.1. The molecule has 14 heteroatoms. The summed E-state index contributed by atoms with van der Waals surface area (Å²) in [5, 5.41) is 87.6. The van der Waals surface area contributed by atoms with Crippen LogP contribution in [0.5, 0.6) is 0 Å². The summed E-state index contributed by atoms with van der Waals surface area (Å²) in [6, 6.07) is -0.916. The van der Waals surface area contributed by atoms with E-state index in [9.17, 15) is 45.6 Å². The van der Waals surface area contributed by atoms with Gasteiger partial charge in [-0.1, -0.05) is 320 Å². The molecule has 2 aliphatic heterocycles. The number of unbranched alkanes of at least 4 members (excludes halogenated alkanes) is 46. The van der Waals surface area contributed by atoms with Crippen molar-refractivity contribution >= 4 is 5.91 Å². The molecule has 0 bridgehead atoms.